The van der Waals surface area contributed by atoms with Gasteiger partial charge < -0.3 is 10.5 Å². The summed E-state index contributed by atoms with van der Waals surface area (Å²) in [5, 5.41) is 0. The Bertz CT molecular complexity index is 257. The number of Topliss-reactive ketones (excluding diaryl/α,β-unsaturated/α-hetero) is 1. The van der Waals surface area contributed by atoms with E-state index in [0.29, 0.717) is 6.42 Å². The van der Waals surface area contributed by atoms with Crippen molar-refractivity contribution in [1.82, 2.24) is 0 Å². The summed E-state index contributed by atoms with van der Waals surface area (Å²) in [6.45, 7) is 8.84. The van der Waals surface area contributed by atoms with E-state index in [-0.39, 0.29) is 12.4 Å². The molecule has 4 nitrogen and oxygen atoms in total. The lowest BCUT2D eigenvalue weighted by atomic mass is 9.93. The van der Waals surface area contributed by atoms with E-state index in [2.05, 4.69) is 0 Å². The third-order valence-corrected chi connectivity index (χ3v) is 2.17. The summed E-state index contributed by atoms with van der Waals surface area (Å²) < 4.78 is 5.54. The minimum atomic E-state index is -0.700. The molecule has 0 spiro atoms. The number of nitrogens with two attached hydrogens (primary N) is 1. The minimum absolute atomic E-state index is 0.0666. The maximum Gasteiger partial charge on any atom is 0.225 e. The van der Waals surface area contributed by atoms with Gasteiger partial charge in [0.25, 0.3) is 0 Å². The van der Waals surface area contributed by atoms with E-state index >= 15 is 0 Å². The first kappa shape index (κ1) is 14.1. The van der Waals surface area contributed by atoms with Gasteiger partial charge in [-0.1, -0.05) is 0 Å². The summed E-state index contributed by atoms with van der Waals surface area (Å²) in [6.07, 6.45) is 0.335. The van der Waals surface area contributed by atoms with Crippen LogP contribution in [0.2, 0.25) is 0 Å². The molecule has 0 saturated heterocycles. The molecule has 0 aliphatic rings. The normalized spacial score (nSPS) is 12.6. The van der Waals surface area contributed by atoms with Gasteiger partial charge in [-0.3, -0.25) is 9.59 Å². The van der Waals surface area contributed by atoms with E-state index in [4.69, 9.17) is 10.5 Å². The van der Waals surface area contributed by atoms with Gasteiger partial charge in [0.05, 0.1) is 17.6 Å². The Kier molecular flexibility index (Phi) is 4.46. The molecule has 0 aromatic heterocycles. The van der Waals surface area contributed by atoms with Gasteiger partial charge in [-0.25, -0.2) is 0 Å². The van der Waals surface area contributed by atoms with Crippen LogP contribution in [-0.2, 0) is 14.3 Å². The smallest absolute Gasteiger partial charge is 0.225 e. The van der Waals surface area contributed by atoms with Crippen LogP contribution in [-0.4, -0.2) is 23.9 Å². The molecule has 0 saturated carbocycles. The highest BCUT2D eigenvalue weighted by Gasteiger charge is 2.29. The highest BCUT2D eigenvalue weighted by atomic mass is 16.5. The van der Waals surface area contributed by atoms with E-state index in [0.717, 1.165) is 0 Å². The minimum Gasteiger partial charge on any atom is -0.374 e. The third-order valence-electron chi connectivity index (χ3n) is 2.17. The Morgan fingerprint density at radius 1 is 1.20 bits per heavy atom. The monoisotopic (exact) mass is 215 g/mol. The number of ether oxygens (including phenoxy) is 1. The maximum absolute atomic E-state index is 11.0. The summed E-state index contributed by atoms with van der Waals surface area (Å²) in [4.78, 5) is 22.0. The number of amides is 1. The van der Waals surface area contributed by atoms with Crippen LogP contribution in [0.15, 0.2) is 0 Å². The predicted molar refractivity (Wildman–Crippen MR) is 58.3 cm³/mol. The molecule has 88 valence electrons. The third kappa shape index (κ3) is 5.52. The summed E-state index contributed by atoms with van der Waals surface area (Å²) >= 11 is 0. The number of primary amides is 1. The van der Waals surface area contributed by atoms with E-state index in [9.17, 15) is 9.59 Å². The first-order chi connectivity index (χ1) is 6.57. The zero-order valence-corrected chi connectivity index (χ0v) is 10.2. The van der Waals surface area contributed by atoms with Gasteiger partial charge in [0.1, 0.15) is 5.78 Å². The van der Waals surface area contributed by atoms with Crippen molar-refractivity contribution in [1.29, 1.82) is 0 Å². The standard InChI is InChI=1S/C11H21NO3/c1-8(13)6-11(4,5)15-7-10(2,3)9(12)14/h6-7H2,1-5H3,(H2,12,14). The van der Waals surface area contributed by atoms with Crippen molar-refractivity contribution in [2.45, 2.75) is 46.6 Å². The predicted octanol–water partition coefficient (Wildman–Crippen LogP) is 1.27. The molecule has 0 heterocycles. The second kappa shape index (κ2) is 4.75. The molecule has 1 amide bonds. The fraction of sp³-hybridized carbons (Fsp3) is 0.818. The van der Waals surface area contributed by atoms with Crippen LogP contribution in [0.5, 0.6) is 0 Å². The number of hydrogen-bond donors (Lipinski definition) is 1. The molecular formula is C11H21NO3. The molecule has 0 radical (unpaired) electrons. The lowest BCUT2D eigenvalue weighted by molar-refractivity contribution is -0.135. The van der Waals surface area contributed by atoms with Crippen molar-refractivity contribution in [2.75, 3.05) is 6.61 Å². The zero-order chi connectivity index (χ0) is 12.3. The molecular weight excluding hydrogens is 194 g/mol. The van der Waals surface area contributed by atoms with Gasteiger partial charge in [0.2, 0.25) is 5.91 Å². The number of carbonyl (C=O) groups excluding carboxylic acids is 2. The first-order valence-electron chi connectivity index (χ1n) is 5.00. The second-order valence-electron chi connectivity index (χ2n) is 5.18. The van der Waals surface area contributed by atoms with Crippen LogP contribution in [0.3, 0.4) is 0 Å². The van der Waals surface area contributed by atoms with E-state index in [1.165, 1.54) is 6.92 Å². The molecule has 0 atom stereocenters. The Labute approximate surface area is 91.2 Å². The highest BCUT2D eigenvalue weighted by molar-refractivity contribution is 5.80. The maximum atomic E-state index is 11.0. The summed E-state index contributed by atoms with van der Waals surface area (Å²) in [5.74, 6) is -0.335. The molecule has 0 aromatic carbocycles. The zero-order valence-electron chi connectivity index (χ0n) is 10.2. The summed E-state index contributed by atoms with van der Waals surface area (Å²) in [6, 6.07) is 0. The molecule has 0 fully saturated rings. The van der Waals surface area contributed by atoms with Crippen LogP contribution >= 0.6 is 0 Å². The van der Waals surface area contributed by atoms with Gasteiger partial charge in [-0.05, 0) is 34.6 Å². The lowest BCUT2D eigenvalue weighted by Crippen LogP contribution is -2.39. The number of ketones is 1. The van der Waals surface area contributed by atoms with Crippen molar-refractivity contribution < 1.29 is 14.3 Å². The molecule has 0 aliphatic carbocycles. The molecule has 0 bridgehead atoms. The molecule has 0 aliphatic heterocycles. The Morgan fingerprint density at radius 2 is 1.67 bits per heavy atom. The van der Waals surface area contributed by atoms with Crippen molar-refractivity contribution in [3.05, 3.63) is 0 Å². The Balaban J connectivity index is 4.25. The first-order valence-corrected chi connectivity index (χ1v) is 5.00. The summed E-state index contributed by atoms with van der Waals surface area (Å²) in [5.41, 5.74) is 3.97. The van der Waals surface area contributed by atoms with Crippen LogP contribution in [0, 0.1) is 5.41 Å². The topological polar surface area (TPSA) is 69.4 Å². The molecule has 4 heteroatoms. The fourth-order valence-electron chi connectivity index (χ4n) is 1.10. The van der Waals surface area contributed by atoms with Gasteiger partial charge in [0, 0.05) is 6.42 Å². The van der Waals surface area contributed by atoms with Gasteiger partial charge in [0.15, 0.2) is 0 Å². The van der Waals surface area contributed by atoms with Gasteiger partial charge >= 0.3 is 0 Å². The SMILES string of the molecule is CC(=O)CC(C)(C)OCC(C)(C)C(N)=O. The average molecular weight is 215 g/mol. The van der Waals surface area contributed by atoms with Crippen molar-refractivity contribution >= 4 is 11.7 Å². The van der Waals surface area contributed by atoms with E-state index in [1.807, 2.05) is 13.8 Å². The highest BCUT2D eigenvalue weighted by Crippen LogP contribution is 2.21. The quantitative estimate of drug-likeness (QED) is 0.725. The summed E-state index contributed by atoms with van der Waals surface area (Å²) in [7, 11) is 0. The van der Waals surface area contributed by atoms with Crippen LogP contribution < -0.4 is 5.73 Å². The van der Waals surface area contributed by atoms with E-state index in [1.54, 1.807) is 13.8 Å². The van der Waals surface area contributed by atoms with Crippen LogP contribution in [0.1, 0.15) is 41.0 Å². The van der Waals surface area contributed by atoms with Crippen molar-refractivity contribution in [2.24, 2.45) is 11.1 Å². The molecule has 0 unspecified atom stereocenters. The average Bonchev–Trinajstić information content (AvgIpc) is 1.98. The van der Waals surface area contributed by atoms with Gasteiger partial charge in [-0.2, -0.15) is 0 Å². The largest absolute Gasteiger partial charge is 0.374 e. The van der Waals surface area contributed by atoms with Crippen LogP contribution in [0.25, 0.3) is 0 Å². The molecule has 0 rings (SSSR count). The van der Waals surface area contributed by atoms with Crippen molar-refractivity contribution in [3.63, 3.8) is 0 Å². The molecule has 15 heavy (non-hydrogen) atoms. The Hall–Kier alpha value is -0.900. The molecule has 2 N–H and O–H groups in total. The number of carbonyl (C=O) groups is 2. The van der Waals surface area contributed by atoms with E-state index < -0.39 is 16.9 Å². The number of rotatable bonds is 6. The molecule has 0 aromatic rings. The van der Waals surface area contributed by atoms with Crippen molar-refractivity contribution in [3.8, 4) is 0 Å². The van der Waals surface area contributed by atoms with Gasteiger partial charge in [-0.15, -0.1) is 0 Å². The Morgan fingerprint density at radius 3 is 2.00 bits per heavy atom. The lowest BCUT2D eigenvalue weighted by Gasteiger charge is -2.29. The second-order valence-corrected chi connectivity index (χ2v) is 5.18. The number of hydrogen-bond acceptors (Lipinski definition) is 3. The fourth-order valence-corrected chi connectivity index (χ4v) is 1.10. The van der Waals surface area contributed by atoms with Crippen LogP contribution in [0.4, 0.5) is 0 Å².